The summed E-state index contributed by atoms with van der Waals surface area (Å²) in [6.07, 6.45) is 0. The highest BCUT2D eigenvalue weighted by Crippen LogP contribution is 2.30. The van der Waals surface area contributed by atoms with E-state index in [9.17, 15) is 19.2 Å². The number of carbonyl (C=O) groups is 4. The molecule has 4 amide bonds. The average molecular weight is 631 g/mol. The number of amides is 4. The third-order valence-corrected chi connectivity index (χ3v) is 7.47. The van der Waals surface area contributed by atoms with Gasteiger partial charge in [0.1, 0.15) is 0 Å². The van der Waals surface area contributed by atoms with Crippen LogP contribution in [0.5, 0.6) is 0 Å². The molecule has 0 radical (unpaired) electrons. The van der Waals surface area contributed by atoms with E-state index in [4.69, 9.17) is 0 Å². The van der Waals surface area contributed by atoms with Crippen LogP contribution in [-0.2, 0) is 0 Å². The van der Waals surface area contributed by atoms with E-state index in [0.717, 1.165) is 11.1 Å². The van der Waals surface area contributed by atoms with E-state index in [1.165, 1.54) is 0 Å². The quantitative estimate of drug-likeness (QED) is 0.128. The molecular weight excluding hydrogens is 600 g/mol. The molecule has 8 nitrogen and oxygen atoms in total. The lowest BCUT2D eigenvalue weighted by atomic mass is 10.0. The van der Waals surface area contributed by atoms with E-state index in [1.807, 2.05) is 72.8 Å². The SMILES string of the molecule is O=C(Nc1ccccc1)c1ccc(C(=O)Nc2ccccc2-c2cccc(NC(=O)c3cccc(C(=O)Nc4ccccc4)c3)c2)cc1. The van der Waals surface area contributed by atoms with Crippen LogP contribution in [0.2, 0.25) is 0 Å². The number of hydrogen-bond acceptors (Lipinski definition) is 4. The van der Waals surface area contributed by atoms with Gasteiger partial charge >= 0.3 is 0 Å². The van der Waals surface area contributed by atoms with Gasteiger partial charge in [0.2, 0.25) is 0 Å². The van der Waals surface area contributed by atoms with Crippen molar-refractivity contribution in [1.82, 2.24) is 0 Å². The van der Waals surface area contributed by atoms with E-state index in [1.54, 1.807) is 84.9 Å². The van der Waals surface area contributed by atoms with E-state index in [2.05, 4.69) is 21.3 Å². The van der Waals surface area contributed by atoms with E-state index >= 15 is 0 Å². The minimum absolute atomic E-state index is 0.272. The van der Waals surface area contributed by atoms with Crippen LogP contribution in [0.4, 0.5) is 22.7 Å². The molecule has 6 aromatic carbocycles. The normalized spacial score (nSPS) is 10.4. The number of anilines is 4. The number of rotatable bonds is 9. The Balaban J connectivity index is 1.13. The van der Waals surface area contributed by atoms with Gasteiger partial charge in [-0.2, -0.15) is 0 Å². The van der Waals surface area contributed by atoms with Gasteiger partial charge in [-0.25, -0.2) is 0 Å². The highest BCUT2D eigenvalue weighted by Gasteiger charge is 2.15. The number of nitrogens with one attached hydrogen (secondary N) is 4. The van der Waals surface area contributed by atoms with Gasteiger partial charge in [-0.3, -0.25) is 19.2 Å². The molecule has 0 aliphatic heterocycles. The van der Waals surface area contributed by atoms with Crippen LogP contribution in [-0.4, -0.2) is 23.6 Å². The molecule has 0 aliphatic carbocycles. The molecule has 8 heteroatoms. The Bertz CT molecular complexity index is 2100. The van der Waals surface area contributed by atoms with Crippen LogP contribution in [0.1, 0.15) is 41.4 Å². The smallest absolute Gasteiger partial charge is 0.255 e. The van der Waals surface area contributed by atoms with Crippen molar-refractivity contribution in [2.75, 3.05) is 21.3 Å². The fourth-order valence-electron chi connectivity index (χ4n) is 5.03. The maximum Gasteiger partial charge on any atom is 0.255 e. The highest BCUT2D eigenvalue weighted by atomic mass is 16.2. The highest BCUT2D eigenvalue weighted by molar-refractivity contribution is 6.10. The Morgan fingerprint density at radius 2 is 0.771 bits per heavy atom. The Hall–Kier alpha value is -6.80. The molecule has 0 saturated carbocycles. The summed E-state index contributed by atoms with van der Waals surface area (Å²) in [5, 5.41) is 11.5. The zero-order valence-electron chi connectivity index (χ0n) is 25.6. The predicted molar refractivity (Wildman–Crippen MR) is 189 cm³/mol. The largest absolute Gasteiger partial charge is 0.322 e. The van der Waals surface area contributed by atoms with Crippen LogP contribution < -0.4 is 21.3 Å². The topological polar surface area (TPSA) is 116 Å². The second kappa shape index (κ2) is 14.5. The minimum Gasteiger partial charge on any atom is -0.322 e. The lowest BCUT2D eigenvalue weighted by Crippen LogP contribution is -2.15. The molecule has 0 atom stereocenters. The summed E-state index contributed by atoms with van der Waals surface area (Å²) in [4.78, 5) is 51.8. The molecule has 0 aliphatic rings. The van der Waals surface area contributed by atoms with E-state index < -0.39 is 0 Å². The van der Waals surface area contributed by atoms with Crippen molar-refractivity contribution in [3.8, 4) is 11.1 Å². The molecule has 48 heavy (non-hydrogen) atoms. The third kappa shape index (κ3) is 7.70. The Morgan fingerprint density at radius 3 is 1.35 bits per heavy atom. The van der Waals surface area contributed by atoms with E-state index in [0.29, 0.717) is 45.0 Å². The number of para-hydroxylation sites is 3. The van der Waals surface area contributed by atoms with Gasteiger partial charge in [-0.15, -0.1) is 0 Å². The molecule has 234 valence electrons. The van der Waals surface area contributed by atoms with Crippen LogP contribution in [0.25, 0.3) is 11.1 Å². The summed E-state index contributed by atoms with van der Waals surface area (Å²) in [5.41, 5.74) is 5.49. The van der Waals surface area contributed by atoms with Crippen molar-refractivity contribution in [2.45, 2.75) is 0 Å². The van der Waals surface area contributed by atoms with Crippen molar-refractivity contribution >= 4 is 46.4 Å². The minimum atomic E-state index is -0.371. The molecule has 0 aromatic heterocycles. The molecule has 0 spiro atoms. The summed E-state index contributed by atoms with van der Waals surface area (Å²) in [6, 6.07) is 45.8. The molecule has 0 bridgehead atoms. The Morgan fingerprint density at radius 1 is 0.333 bits per heavy atom. The summed E-state index contributed by atoms with van der Waals surface area (Å²) in [6.45, 7) is 0. The summed E-state index contributed by atoms with van der Waals surface area (Å²) in [5.74, 6) is -1.30. The molecule has 6 rings (SSSR count). The lowest BCUT2D eigenvalue weighted by molar-refractivity contribution is 0.101. The molecule has 4 N–H and O–H groups in total. The first kappa shape index (κ1) is 31.2. The Labute approximate surface area is 277 Å². The molecular formula is C40H30N4O4. The van der Waals surface area contributed by atoms with Gasteiger partial charge in [0, 0.05) is 50.6 Å². The van der Waals surface area contributed by atoms with Crippen LogP contribution in [0.3, 0.4) is 0 Å². The van der Waals surface area contributed by atoms with Crippen LogP contribution >= 0.6 is 0 Å². The number of benzene rings is 6. The van der Waals surface area contributed by atoms with Crippen molar-refractivity contribution in [1.29, 1.82) is 0 Å². The summed E-state index contributed by atoms with van der Waals surface area (Å²) < 4.78 is 0. The third-order valence-electron chi connectivity index (χ3n) is 7.47. The second-order valence-electron chi connectivity index (χ2n) is 10.8. The number of carbonyl (C=O) groups excluding carboxylic acids is 4. The monoisotopic (exact) mass is 630 g/mol. The fourth-order valence-corrected chi connectivity index (χ4v) is 5.03. The summed E-state index contributed by atoms with van der Waals surface area (Å²) >= 11 is 0. The molecule has 0 unspecified atom stereocenters. The van der Waals surface area contributed by atoms with Gasteiger partial charge in [0.05, 0.1) is 0 Å². The second-order valence-corrected chi connectivity index (χ2v) is 10.8. The molecule has 0 fully saturated rings. The molecule has 6 aromatic rings. The maximum atomic E-state index is 13.2. The van der Waals surface area contributed by atoms with Gasteiger partial charge in [0.15, 0.2) is 0 Å². The molecule has 0 heterocycles. The van der Waals surface area contributed by atoms with Gasteiger partial charge in [-0.1, -0.05) is 72.8 Å². The van der Waals surface area contributed by atoms with Crippen molar-refractivity contribution in [3.05, 3.63) is 180 Å². The van der Waals surface area contributed by atoms with Gasteiger partial charge in [0.25, 0.3) is 23.6 Å². The Kier molecular flexibility index (Phi) is 9.44. The first-order valence-electron chi connectivity index (χ1n) is 15.2. The first-order chi connectivity index (χ1) is 23.4. The fraction of sp³-hybridized carbons (Fsp3) is 0. The van der Waals surface area contributed by atoms with Crippen LogP contribution in [0.15, 0.2) is 158 Å². The zero-order valence-corrected chi connectivity index (χ0v) is 25.6. The lowest BCUT2D eigenvalue weighted by Gasteiger charge is -2.13. The maximum absolute atomic E-state index is 13.2. The number of hydrogen-bond donors (Lipinski definition) is 4. The van der Waals surface area contributed by atoms with Crippen molar-refractivity contribution < 1.29 is 19.2 Å². The molecule has 0 saturated heterocycles. The van der Waals surface area contributed by atoms with E-state index in [-0.39, 0.29) is 23.6 Å². The van der Waals surface area contributed by atoms with Gasteiger partial charge in [-0.05, 0) is 90.5 Å². The summed E-state index contributed by atoms with van der Waals surface area (Å²) in [7, 11) is 0. The zero-order chi connectivity index (χ0) is 33.3. The van der Waals surface area contributed by atoms with Gasteiger partial charge < -0.3 is 21.3 Å². The average Bonchev–Trinajstić information content (AvgIpc) is 3.13. The predicted octanol–water partition coefficient (Wildman–Crippen LogP) is 8.36. The van der Waals surface area contributed by atoms with Crippen molar-refractivity contribution in [3.63, 3.8) is 0 Å². The standard InChI is InChI=1S/C40H30N4O4/c45-37(41-32-14-3-1-4-15-32)27-21-23-28(24-22-27)38(46)44-36-20-8-7-19-35(36)29-11-10-18-34(26-29)43-40(48)31-13-9-12-30(25-31)39(47)42-33-16-5-2-6-17-33/h1-26H,(H,41,45)(H,42,47)(H,43,48)(H,44,46). The van der Waals surface area contributed by atoms with Crippen molar-refractivity contribution in [2.24, 2.45) is 0 Å². The van der Waals surface area contributed by atoms with Crippen LogP contribution in [0, 0.1) is 0 Å². The first-order valence-corrected chi connectivity index (χ1v) is 15.2.